The fourth-order valence-electron chi connectivity index (χ4n) is 2.96. The van der Waals surface area contributed by atoms with Crippen LogP contribution in [0.15, 0.2) is 65.8 Å². The number of nitrogens with zero attached hydrogens (tertiary/aromatic N) is 4. The molecule has 202 valence electrons. The van der Waals surface area contributed by atoms with Gasteiger partial charge in [0, 0.05) is 18.0 Å². The van der Waals surface area contributed by atoms with Gasteiger partial charge in [-0.1, -0.05) is 47.1 Å². The Morgan fingerprint density at radius 3 is 2.19 bits per heavy atom. The van der Waals surface area contributed by atoms with Crippen molar-refractivity contribution >= 4 is 21.8 Å². The van der Waals surface area contributed by atoms with Crippen LogP contribution in [0, 0.1) is 0 Å². The molecule has 0 saturated carbocycles. The normalized spacial score (nSPS) is 12.7. The monoisotopic (exact) mass is 546 g/mol. The first kappa shape index (κ1) is 29.5. The molecular weight excluding hydrogens is 519 g/mol. The SMILES string of the molecule is CC.CC.CCOC(=O)c1nnc2cc(-c3cccnc3Oc3ccc(S(F)(F)(F)(F)F)cc3)ccn12. The average Bonchev–Trinajstić information content (AvgIpc) is 3.29. The predicted molar refractivity (Wildman–Crippen MR) is 133 cm³/mol. The van der Waals surface area contributed by atoms with Crippen LogP contribution < -0.4 is 4.74 Å². The van der Waals surface area contributed by atoms with E-state index in [4.69, 9.17) is 9.47 Å². The maximum absolute atomic E-state index is 12.9. The number of hydrogen-bond acceptors (Lipinski definition) is 6. The third-order valence-electron chi connectivity index (χ3n) is 4.43. The van der Waals surface area contributed by atoms with E-state index in [1.54, 1.807) is 31.2 Å². The molecule has 0 aliphatic heterocycles. The van der Waals surface area contributed by atoms with E-state index in [0.717, 1.165) is 12.1 Å². The van der Waals surface area contributed by atoms with Crippen molar-refractivity contribution in [3.63, 3.8) is 0 Å². The first-order valence-corrected chi connectivity index (χ1v) is 13.3. The number of pyridine rings is 2. The Balaban J connectivity index is 0.00000115. The second-order valence-electron chi connectivity index (χ2n) is 6.79. The van der Waals surface area contributed by atoms with Gasteiger partial charge in [-0.05, 0) is 61.0 Å². The third kappa shape index (κ3) is 7.15. The van der Waals surface area contributed by atoms with Crippen molar-refractivity contribution in [1.82, 2.24) is 19.6 Å². The highest BCUT2D eigenvalue weighted by atomic mass is 32.5. The van der Waals surface area contributed by atoms with Gasteiger partial charge in [-0.3, -0.25) is 4.40 Å². The number of hydrogen-bond donors (Lipinski definition) is 0. The first-order valence-electron chi connectivity index (χ1n) is 11.3. The van der Waals surface area contributed by atoms with Gasteiger partial charge in [0.2, 0.25) is 11.7 Å². The zero-order valence-corrected chi connectivity index (χ0v) is 21.6. The number of carbonyl (C=O) groups is 1. The van der Waals surface area contributed by atoms with Crippen LogP contribution in [-0.4, -0.2) is 32.2 Å². The highest BCUT2D eigenvalue weighted by Crippen LogP contribution is 3.02. The summed E-state index contributed by atoms with van der Waals surface area (Å²) in [5.41, 5.74) is 1.32. The molecule has 0 atom stereocenters. The lowest BCUT2D eigenvalue weighted by molar-refractivity contribution is 0.0510. The molecule has 0 aliphatic carbocycles. The third-order valence-corrected chi connectivity index (χ3v) is 5.60. The van der Waals surface area contributed by atoms with Crippen molar-refractivity contribution in [3.8, 4) is 22.8 Å². The van der Waals surface area contributed by atoms with Gasteiger partial charge >= 0.3 is 16.2 Å². The molecule has 0 amide bonds. The summed E-state index contributed by atoms with van der Waals surface area (Å²) in [5.74, 6) is -0.746. The van der Waals surface area contributed by atoms with Crippen LogP contribution in [0.4, 0.5) is 19.4 Å². The van der Waals surface area contributed by atoms with Crippen molar-refractivity contribution in [1.29, 1.82) is 0 Å². The largest absolute Gasteiger partial charge is 0.460 e. The van der Waals surface area contributed by atoms with Crippen molar-refractivity contribution in [3.05, 3.63) is 66.7 Å². The van der Waals surface area contributed by atoms with Crippen molar-refractivity contribution < 1.29 is 33.7 Å². The summed E-state index contributed by atoms with van der Waals surface area (Å²) < 4.78 is 76.5. The summed E-state index contributed by atoms with van der Waals surface area (Å²) in [6.45, 7) is 9.83. The van der Waals surface area contributed by atoms with Crippen LogP contribution >= 0.6 is 10.2 Å². The topological polar surface area (TPSA) is 78.6 Å². The van der Waals surface area contributed by atoms with Crippen LogP contribution in [0.2, 0.25) is 0 Å². The molecule has 4 aromatic rings. The van der Waals surface area contributed by atoms with E-state index in [-0.39, 0.29) is 36.2 Å². The molecule has 1 aromatic carbocycles. The molecule has 0 bridgehead atoms. The summed E-state index contributed by atoms with van der Waals surface area (Å²) in [4.78, 5) is 14.0. The average molecular weight is 547 g/mol. The van der Waals surface area contributed by atoms with Gasteiger partial charge in [0.25, 0.3) is 0 Å². The van der Waals surface area contributed by atoms with Crippen LogP contribution in [0.1, 0.15) is 45.2 Å². The van der Waals surface area contributed by atoms with Crippen molar-refractivity contribution in [2.75, 3.05) is 6.61 Å². The van der Waals surface area contributed by atoms with Gasteiger partial charge < -0.3 is 9.47 Å². The minimum Gasteiger partial charge on any atom is -0.460 e. The molecule has 4 rings (SSSR count). The maximum Gasteiger partial charge on any atom is 0.376 e. The molecule has 0 saturated heterocycles. The lowest BCUT2D eigenvalue weighted by Gasteiger charge is -2.40. The maximum atomic E-state index is 12.9. The Morgan fingerprint density at radius 1 is 0.946 bits per heavy atom. The molecule has 0 unspecified atom stereocenters. The lowest BCUT2D eigenvalue weighted by atomic mass is 10.1. The highest BCUT2D eigenvalue weighted by Gasteiger charge is 2.65. The summed E-state index contributed by atoms with van der Waals surface area (Å²) in [6, 6.07) is 8.57. The molecule has 0 N–H and O–H groups in total. The number of ether oxygens (including phenoxy) is 2. The van der Waals surface area contributed by atoms with Gasteiger partial charge in [-0.25, -0.2) is 9.78 Å². The van der Waals surface area contributed by atoms with Crippen molar-refractivity contribution in [2.45, 2.75) is 39.5 Å². The lowest BCUT2D eigenvalue weighted by Crippen LogP contribution is -2.09. The van der Waals surface area contributed by atoms with Crippen molar-refractivity contribution in [2.24, 2.45) is 0 Å². The molecule has 37 heavy (non-hydrogen) atoms. The minimum absolute atomic E-state index is 0.00917. The molecule has 0 aliphatic rings. The van der Waals surface area contributed by atoms with Gasteiger partial charge in [0.15, 0.2) is 5.65 Å². The van der Waals surface area contributed by atoms with E-state index >= 15 is 0 Å². The van der Waals surface area contributed by atoms with Gasteiger partial charge in [-0.2, -0.15) is 0 Å². The van der Waals surface area contributed by atoms with Crippen LogP contribution in [-0.2, 0) is 4.74 Å². The number of carbonyl (C=O) groups excluding carboxylic acids is 1. The number of benzene rings is 1. The zero-order chi connectivity index (χ0) is 27.9. The van der Waals surface area contributed by atoms with E-state index in [1.807, 2.05) is 27.7 Å². The molecule has 13 heteroatoms. The minimum atomic E-state index is -9.78. The summed E-state index contributed by atoms with van der Waals surface area (Å²) in [6.07, 6.45) is 2.94. The number of halogens is 5. The highest BCUT2D eigenvalue weighted by molar-refractivity contribution is 8.45. The van der Waals surface area contributed by atoms with E-state index in [1.165, 1.54) is 16.8 Å². The van der Waals surface area contributed by atoms with Crippen LogP contribution in [0.25, 0.3) is 16.8 Å². The summed E-state index contributed by atoms with van der Waals surface area (Å²) in [7, 11) is -9.78. The second-order valence-corrected chi connectivity index (χ2v) is 9.20. The molecule has 3 aromatic heterocycles. The molecule has 7 nitrogen and oxygen atoms in total. The Hall–Kier alpha value is -3.74. The van der Waals surface area contributed by atoms with E-state index in [2.05, 4.69) is 15.2 Å². The van der Waals surface area contributed by atoms with E-state index < -0.39 is 21.1 Å². The van der Waals surface area contributed by atoms with Crippen LogP contribution in [0.5, 0.6) is 11.6 Å². The smallest absolute Gasteiger partial charge is 0.376 e. The van der Waals surface area contributed by atoms with Gasteiger partial charge in [0.1, 0.15) is 10.6 Å². The first-order chi connectivity index (χ1) is 17.4. The number of rotatable bonds is 6. The molecule has 0 radical (unpaired) electrons. The van der Waals surface area contributed by atoms with Crippen LogP contribution in [0.3, 0.4) is 0 Å². The predicted octanol–water partition coefficient (Wildman–Crippen LogP) is 8.47. The molecule has 0 fully saturated rings. The summed E-state index contributed by atoms with van der Waals surface area (Å²) in [5, 5.41) is 7.76. The van der Waals surface area contributed by atoms with Gasteiger partial charge in [-0.15, -0.1) is 10.2 Å². The molecule has 3 heterocycles. The Morgan fingerprint density at radius 2 is 1.59 bits per heavy atom. The Kier molecular flexibility index (Phi) is 8.53. The zero-order valence-electron chi connectivity index (χ0n) is 20.8. The standard InChI is InChI=1S/C20H15F5N4O3S.2C2H6/c1-2-31-20(30)18-28-27-17-12-13(9-11-29(17)18)16-4-3-10-26-19(16)32-14-5-7-15(8-6-14)33(21,22,23,24)25;2*1-2/h3-12H,2H2,1H3;2*1-2H3. The summed E-state index contributed by atoms with van der Waals surface area (Å²) >= 11 is 0. The fraction of sp³-hybridized carbons (Fsp3) is 0.250. The molecule has 0 spiro atoms. The molecular formula is C24H27F5N4O3S. The van der Waals surface area contributed by atoms with Gasteiger partial charge in [0.05, 0.1) is 6.61 Å². The Bertz CT molecular complexity index is 1360. The Labute approximate surface area is 211 Å². The fourth-order valence-corrected chi connectivity index (χ4v) is 3.61. The number of esters is 1. The number of fused-ring (bicyclic) bond motifs is 1. The quantitative estimate of drug-likeness (QED) is 0.178. The number of aromatic nitrogens is 4. The van der Waals surface area contributed by atoms with E-state index in [0.29, 0.717) is 16.8 Å². The second kappa shape index (κ2) is 10.7. The van der Waals surface area contributed by atoms with E-state index in [9.17, 15) is 24.2 Å².